The van der Waals surface area contributed by atoms with Crippen molar-refractivity contribution >= 4 is 5.69 Å². The van der Waals surface area contributed by atoms with Crippen molar-refractivity contribution < 1.29 is 13.2 Å². The first kappa shape index (κ1) is 10.9. The van der Waals surface area contributed by atoms with Crippen LogP contribution in [0.3, 0.4) is 0 Å². The highest BCUT2D eigenvalue weighted by atomic mass is 19.4. The van der Waals surface area contributed by atoms with Crippen LogP contribution in [0.4, 0.5) is 18.9 Å². The Labute approximate surface area is 80.9 Å². The quantitative estimate of drug-likeness (QED) is 0.739. The van der Waals surface area contributed by atoms with Gasteiger partial charge in [-0.1, -0.05) is 18.2 Å². The number of benzene rings is 1. The fourth-order valence-electron chi connectivity index (χ4n) is 1.08. The summed E-state index contributed by atoms with van der Waals surface area (Å²) in [6, 6.07) is 9.19. The Balaban J connectivity index is 2.17. The summed E-state index contributed by atoms with van der Waals surface area (Å²) in [6.07, 6.45) is -4.66. The molecule has 0 atom stereocenters. The van der Waals surface area contributed by atoms with E-state index in [4.69, 9.17) is 0 Å². The Hall–Kier alpha value is -1.19. The van der Waals surface area contributed by atoms with E-state index in [1.807, 2.05) is 30.3 Å². The van der Waals surface area contributed by atoms with Gasteiger partial charge < -0.3 is 5.32 Å². The van der Waals surface area contributed by atoms with Crippen LogP contribution in [-0.4, -0.2) is 12.7 Å². The zero-order valence-corrected chi connectivity index (χ0v) is 7.64. The van der Waals surface area contributed by atoms with E-state index >= 15 is 0 Å². The lowest BCUT2D eigenvalue weighted by Gasteiger charge is -2.07. The van der Waals surface area contributed by atoms with Crippen molar-refractivity contribution in [3.63, 3.8) is 0 Å². The summed E-state index contributed by atoms with van der Waals surface area (Å²) in [5.41, 5.74) is 0.856. The number of alkyl halides is 3. The number of rotatable bonds is 4. The molecule has 0 aromatic heterocycles. The molecule has 14 heavy (non-hydrogen) atoms. The third-order valence-electron chi connectivity index (χ3n) is 1.74. The highest BCUT2D eigenvalue weighted by Crippen LogP contribution is 2.21. The van der Waals surface area contributed by atoms with Crippen molar-refractivity contribution in [1.82, 2.24) is 0 Å². The Kier molecular flexibility index (Phi) is 3.80. The van der Waals surface area contributed by atoms with E-state index in [-0.39, 0.29) is 6.42 Å². The largest absolute Gasteiger partial charge is 0.389 e. The maximum Gasteiger partial charge on any atom is 0.389 e. The summed E-state index contributed by atoms with van der Waals surface area (Å²) >= 11 is 0. The van der Waals surface area contributed by atoms with Gasteiger partial charge in [0.15, 0.2) is 0 Å². The minimum atomic E-state index is -4.04. The van der Waals surface area contributed by atoms with Gasteiger partial charge in [-0.2, -0.15) is 13.2 Å². The molecule has 78 valence electrons. The Morgan fingerprint density at radius 3 is 2.29 bits per heavy atom. The average molecular weight is 203 g/mol. The van der Waals surface area contributed by atoms with Crippen LogP contribution in [0.25, 0.3) is 0 Å². The molecule has 1 rings (SSSR count). The van der Waals surface area contributed by atoms with Crippen molar-refractivity contribution in [2.24, 2.45) is 0 Å². The van der Waals surface area contributed by atoms with Crippen molar-refractivity contribution in [3.8, 4) is 0 Å². The van der Waals surface area contributed by atoms with E-state index in [1.54, 1.807) is 0 Å². The smallest absolute Gasteiger partial charge is 0.385 e. The number of anilines is 1. The molecule has 1 aromatic rings. The van der Waals surface area contributed by atoms with Gasteiger partial charge in [0, 0.05) is 18.7 Å². The maximum atomic E-state index is 11.8. The third-order valence-corrected chi connectivity index (χ3v) is 1.74. The minimum absolute atomic E-state index is 0.110. The Morgan fingerprint density at radius 2 is 1.71 bits per heavy atom. The molecule has 0 saturated heterocycles. The van der Waals surface area contributed by atoms with Crippen LogP contribution < -0.4 is 5.32 Å². The SMILES string of the molecule is FC(F)(F)CCCNc1ccccc1. The van der Waals surface area contributed by atoms with Crippen LogP contribution in [0.15, 0.2) is 30.3 Å². The van der Waals surface area contributed by atoms with Crippen molar-refractivity contribution in [1.29, 1.82) is 0 Å². The van der Waals surface area contributed by atoms with Gasteiger partial charge in [-0.15, -0.1) is 0 Å². The van der Waals surface area contributed by atoms with Crippen LogP contribution in [0.1, 0.15) is 12.8 Å². The van der Waals surface area contributed by atoms with E-state index in [9.17, 15) is 13.2 Å². The summed E-state index contributed by atoms with van der Waals surface area (Å²) in [5, 5.41) is 2.92. The topological polar surface area (TPSA) is 12.0 Å². The van der Waals surface area contributed by atoms with Gasteiger partial charge in [0.25, 0.3) is 0 Å². The summed E-state index contributed by atoms with van der Waals surface area (Å²) in [4.78, 5) is 0. The van der Waals surface area contributed by atoms with Gasteiger partial charge in [-0.3, -0.25) is 0 Å². The fraction of sp³-hybridized carbons (Fsp3) is 0.400. The molecule has 1 aromatic carbocycles. The molecular weight excluding hydrogens is 191 g/mol. The van der Waals surface area contributed by atoms with Crippen LogP contribution in [-0.2, 0) is 0 Å². The molecule has 1 N–H and O–H groups in total. The number of nitrogens with one attached hydrogen (secondary N) is 1. The zero-order valence-electron chi connectivity index (χ0n) is 7.64. The molecule has 0 spiro atoms. The van der Waals surface area contributed by atoms with Crippen molar-refractivity contribution in [3.05, 3.63) is 30.3 Å². The maximum absolute atomic E-state index is 11.8. The highest BCUT2D eigenvalue weighted by Gasteiger charge is 2.25. The number of halogens is 3. The van der Waals surface area contributed by atoms with E-state index in [2.05, 4.69) is 5.32 Å². The van der Waals surface area contributed by atoms with Gasteiger partial charge in [-0.05, 0) is 18.6 Å². The van der Waals surface area contributed by atoms with Gasteiger partial charge in [0.05, 0.1) is 0 Å². The molecule has 0 saturated carbocycles. The Bertz CT molecular complexity index is 256. The van der Waals surface area contributed by atoms with Crippen molar-refractivity contribution in [2.75, 3.05) is 11.9 Å². The van der Waals surface area contributed by atoms with Crippen LogP contribution in [0.2, 0.25) is 0 Å². The molecule has 0 unspecified atom stereocenters. The lowest BCUT2D eigenvalue weighted by atomic mass is 10.3. The lowest BCUT2D eigenvalue weighted by molar-refractivity contribution is -0.134. The second-order valence-electron chi connectivity index (χ2n) is 3.01. The molecule has 0 aliphatic rings. The molecule has 0 radical (unpaired) electrons. The van der Waals surface area contributed by atoms with E-state index in [1.165, 1.54) is 0 Å². The molecule has 0 fully saturated rings. The third kappa shape index (κ3) is 4.74. The van der Waals surface area contributed by atoms with Gasteiger partial charge in [0.2, 0.25) is 0 Å². The average Bonchev–Trinajstić information content (AvgIpc) is 2.13. The number of para-hydroxylation sites is 1. The molecule has 0 aliphatic carbocycles. The van der Waals surface area contributed by atoms with Gasteiger partial charge >= 0.3 is 6.18 Å². The lowest BCUT2D eigenvalue weighted by Crippen LogP contribution is -2.10. The summed E-state index contributed by atoms with van der Waals surface area (Å²) in [7, 11) is 0. The standard InChI is InChI=1S/C10H12F3N/c11-10(12,13)7-4-8-14-9-5-2-1-3-6-9/h1-3,5-6,14H,4,7-8H2. The first-order valence-corrected chi connectivity index (χ1v) is 4.43. The second kappa shape index (κ2) is 4.88. The van der Waals surface area contributed by atoms with Crippen LogP contribution in [0, 0.1) is 0 Å². The zero-order chi connectivity index (χ0) is 10.4. The van der Waals surface area contributed by atoms with Crippen LogP contribution in [0.5, 0.6) is 0 Å². The molecule has 0 aliphatic heterocycles. The van der Waals surface area contributed by atoms with Gasteiger partial charge in [-0.25, -0.2) is 0 Å². The summed E-state index contributed by atoms with van der Waals surface area (Å²) < 4.78 is 35.3. The fourth-order valence-corrected chi connectivity index (χ4v) is 1.08. The number of hydrogen-bond acceptors (Lipinski definition) is 1. The second-order valence-corrected chi connectivity index (χ2v) is 3.01. The van der Waals surface area contributed by atoms with E-state index in [0.717, 1.165) is 5.69 Å². The molecule has 0 heterocycles. The predicted octanol–water partition coefficient (Wildman–Crippen LogP) is 3.44. The summed E-state index contributed by atoms with van der Waals surface area (Å²) in [5.74, 6) is 0. The minimum Gasteiger partial charge on any atom is -0.385 e. The van der Waals surface area contributed by atoms with Crippen LogP contribution >= 0.6 is 0 Å². The summed E-state index contributed by atoms with van der Waals surface area (Å²) in [6.45, 7) is 0.351. The normalized spacial score (nSPS) is 11.4. The first-order valence-electron chi connectivity index (χ1n) is 4.43. The molecule has 4 heteroatoms. The highest BCUT2D eigenvalue weighted by molar-refractivity contribution is 5.42. The molecule has 0 amide bonds. The van der Waals surface area contributed by atoms with E-state index in [0.29, 0.717) is 6.54 Å². The molecule has 1 nitrogen and oxygen atoms in total. The Morgan fingerprint density at radius 1 is 1.07 bits per heavy atom. The predicted molar refractivity (Wildman–Crippen MR) is 50.2 cm³/mol. The van der Waals surface area contributed by atoms with Crippen molar-refractivity contribution in [2.45, 2.75) is 19.0 Å². The first-order chi connectivity index (χ1) is 6.58. The monoisotopic (exact) mass is 203 g/mol. The number of hydrogen-bond donors (Lipinski definition) is 1. The molecular formula is C10H12F3N. The van der Waals surface area contributed by atoms with Gasteiger partial charge in [0.1, 0.15) is 0 Å². The van der Waals surface area contributed by atoms with E-state index < -0.39 is 12.6 Å². The molecule has 0 bridgehead atoms.